The van der Waals surface area contributed by atoms with Crippen molar-refractivity contribution < 1.29 is 18.0 Å². The average molecular weight is 348 g/mol. The highest BCUT2D eigenvalue weighted by atomic mass is 19.4. The van der Waals surface area contributed by atoms with E-state index >= 15 is 0 Å². The molecule has 1 amide bonds. The van der Waals surface area contributed by atoms with E-state index in [2.05, 4.69) is 15.3 Å². The van der Waals surface area contributed by atoms with Crippen LogP contribution >= 0.6 is 0 Å². The third kappa shape index (κ3) is 3.62. The van der Waals surface area contributed by atoms with Crippen molar-refractivity contribution >= 4 is 11.6 Å². The zero-order chi connectivity index (χ0) is 18.0. The standard InChI is InChI=1S/C17H15F3N4O/c1-11-13(24-8-3-2-6-14(24)22-11)9-15(25)23-16(17(18,19)20)12-5-4-7-21-10-12/h2-8,10,16H,9H2,1H3,(H,23,25). The summed E-state index contributed by atoms with van der Waals surface area (Å²) in [5.41, 5.74) is 1.69. The first-order valence-corrected chi connectivity index (χ1v) is 7.55. The summed E-state index contributed by atoms with van der Waals surface area (Å²) < 4.78 is 41.6. The Labute approximate surface area is 141 Å². The minimum absolute atomic E-state index is 0.113. The number of alkyl halides is 3. The van der Waals surface area contributed by atoms with Crippen molar-refractivity contribution in [2.45, 2.75) is 25.6 Å². The van der Waals surface area contributed by atoms with E-state index < -0.39 is 18.1 Å². The van der Waals surface area contributed by atoms with Gasteiger partial charge in [0.15, 0.2) is 6.04 Å². The van der Waals surface area contributed by atoms with Crippen LogP contribution in [0.25, 0.3) is 5.65 Å². The fraction of sp³-hybridized carbons (Fsp3) is 0.235. The van der Waals surface area contributed by atoms with Gasteiger partial charge in [-0.05, 0) is 25.1 Å². The monoisotopic (exact) mass is 348 g/mol. The fourth-order valence-corrected chi connectivity index (χ4v) is 2.64. The van der Waals surface area contributed by atoms with E-state index in [1.165, 1.54) is 18.3 Å². The summed E-state index contributed by atoms with van der Waals surface area (Å²) in [6.07, 6.45) is -0.629. The van der Waals surface area contributed by atoms with E-state index in [4.69, 9.17) is 0 Å². The number of hydrogen-bond acceptors (Lipinski definition) is 3. The lowest BCUT2D eigenvalue weighted by molar-refractivity contribution is -0.163. The maximum atomic E-state index is 13.3. The molecule has 0 aromatic carbocycles. The lowest BCUT2D eigenvalue weighted by atomic mass is 10.1. The second-order valence-electron chi connectivity index (χ2n) is 5.58. The van der Waals surface area contributed by atoms with Gasteiger partial charge in [-0.15, -0.1) is 0 Å². The summed E-state index contributed by atoms with van der Waals surface area (Å²) in [5, 5.41) is 2.06. The third-order valence-corrected chi connectivity index (χ3v) is 3.81. The number of imidazole rings is 1. The molecule has 1 unspecified atom stereocenters. The van der Waals surface area contributed by atoms with Crippen molar-refractivity contribution in [3.63, 3.8) is 0 Å². The third-order valence-electron chi connectivity index (χ3n) is 3.81. The van der Waals surface area contributed by atoms with Gasteiger partial charge in [0.2, 0.25) is 5.91 Å². The molecule has 3 rings (SSSR count). The largest absolute Gasteiger partial charge is 0.412 e. The van der Waals surface area contributed by atoms with E-state index in [9.17, 15) is 18.0 Å². The summed E-state index contributed by atoms with van der Waals surface area (Å²) in [4.78, 5) is 20.3. The van der Waals surface area contributed by atoms with Gasteiger partial charge in [-0.2, -0.15) is 13.2 Å². The quantitative estimate of drug-likeness (QED) is 0.789. The SMILES string of the molecule is Cc1nc2ccccn2c1CC(=O)NC(c1cccnc1)C(F)(F)F. The Hall–Kier alpha value is -2.90. The number of fused-ring (bicyclic) bond motifs is 1. The number of pyridine rings is 2. The minimum atomic E-state index is -4.62. The van der Waals surface area contributed by atoms with E-state index in [0.717, 1.165) is 6.20 Å². The number of aromatic nitrogens is 3. The minimum Gasteiger partial charge on any atom is -0.340 e. The van der Waals surface area contributed by atoms with Gasteiger partial charge in [0.05, 0.1) is 17.8 Å². The number of nitrogens with zero attached hydrogens (tertiary/aromatic N) is 3. The number of nitrogens with one attached hydrogen (secondary N) is 1. The Morgan fingerprint density at radius 2 is 2.08 bits per heavy atom. The van der Waals surface area contributed by atoms with Gasteiger partial charge in [0, 0.05) is 24.2 Å². The Morgan fingerprint density at radius 1 is 1.28 bits per heavy atom. The van der Waals surface area contributed by atoms with Crippen molar-refractivity contribution in [3.05, 3.63) is 65.9 Å². The highest BCUT2D eigenvalue weighted by Gasteiger charge is 2.42. The van der Waals surface area contributed by atoms with E-state index in [1.54, 1.807) is 35.7 Å². The lowest BCUT2D eigenvalue weighted by Gasteiger charge is -2.21. The molecule has 0 aliphatic rings. The highest BCUT2D eigenvalue weighted by molar-refractivity contribution is 5.79. The van der Waals surface area contributed by atoms with Gasteiger partial charge in [-0.25, -0.2) is 4.98 Å². The molecule has 3 heterocycles. The van der Waals surface area contributed by atoms with Crippen LogP contribution in [-0.2, 0) is 11.2 Å². The second kappa shape index (κ2) is 6.54. The molecule has 0 bridgehead atoms. The molecule has 0 radical (unpaired) electrons. The van der Waals surface area contributed by atoms with Crippen molar-refractivity contribution in [1.82, 2.24) is 19.7 Å². The van der Waals surface area contributed by atoms with Gasteiger partial charge in [0.1, 0.15) is 5.65 Å². The molecule has 130 valence electrons. The second-order valence-corrected chi connectivity index (χ2v) is 5.58. The van der Waals surface area contributed by atoms with Gasteiger partial charge >= 0.3 is 6.18 Å². The van der Waals surface area contributed by atoms with E-state index in [1.807, 2.05) is 0 Å². The lowest BCUT2D eigenvalue weighted by Crippen LogP contribution is -2.39. The van der Waals surface area contributed by atoms with Gasteiger partial charge in [0.25, 0.3) is 0 Å². The van der Waals surface area contributed by atoms with Crippen molar-refractivity contribution in [2.75, 3.05) is 0 Å². The van der Waals surface area contributed by atoms with E-state index in [0.29, 0.717) is 17.0 Å². The number of aryl methyl sites for hydroxylation is 1. The topological polar surface area (TPSA) is 59.3 Å². The molecule has 0 spiro atoms. The maximum Gasteiger partial charge on any atom is 0.412 e. The van der Waals surface area contributed by atoms with E-state index in [-0.39, 0.29) is 12.0 Å². The Morgan fingerprint density at radius 3 is 2.76 bits per heavy atom. The van der Waals surface area contributed by atoms with Crippen LogP contribution in [0.1, 0.15) is 23.0 Å². The van der Waals surface area contributed by atoms with Crippen LogP contribution in [0.3, 0.4) is 0 Å². The number of carbonyl (C=O) groups excluding carboxylic acids is 1. The summed E-state index contributed by atoms with van der Waals surface area (Å²) in [7, 11) is 0. The van der Waals surface area contributed by atoms with Gasteiger partial charge in [-0.3, -0.25) is 9.78 Å². The highest BCUT2D eigenvalue weighted by Crippen LogP contribution is 2.32. The van der Waals surface area contributed by atoms with Gasteiger partial charge in [-0.1, -0.05) is 12.1 Å². The van der Waals surface area contributed by atoms with Gasteiger partial charge < -0.3 is 9.72 Å². The van der Waals surface area contributed by atoms with Crippen LogP contribution in [-0.4, -0.2) is 26.5 Å². The molecular weight excluding hydrogens is 333 g/mol. The van der Waals surface area contributed by atoms with Crippen molar-refractivity contribution in [3.8, 4) is 0 Å². The molecule has 0 aliphatic carbocycles. The maximum absolute atomic E-state index is 13.3. The molecule has 0 saturated carbocycles. The normalized spacial score (nSPS) is 13.0. The molecular formula is C17H15F3N4O. The Bertz CT molecular complexity index is 890. The number of hydrogen-bond donors (Lipinski definition) is 1. The Balaban J connectivity index is 1.84. The molecule has 3 aromatic heterocycles. The number of amides is 1. The molecule has 5 nitrogen and oxygen atoms in total. The number of carbonyl (C=O) groups is 1. The zero-order valence-electron chi connectivity index (χ0n) is 13.3. The summed E-state index contributed by atoms with van der Waals surface area (Å²) in [6.45, 7) is 1.72. The summed E-state index contributed by atoms with van der Waals surface area (Å²) in [6, 6.07) is 5.91. The summed E-state index contributed by atoms with van der Waals surface area (Å²) >= 11 is 0. The van der Waals surface area contributed by atoms with Crippen molar-refractivity contribution in [1.29, 1.82) is 0 Å². The molecule has 0 aliphatic heterocycles. The summed E-state index contributed by atoms with van der Waals surface area (Å²) in [5.74, 6) is -0.736. The predicted octanol–water partition coefficient (Wildman–Crippen LogP) is 3.00. The van der Waals surface area contributed by atoms with Crippen LogP contribution in [0.15, 0.2) is 48.9 Å². The molecule has 25 heavy (non-hydrogen) atoms. The van der Waals surface area contributed by atoms with Crippen LogP contribution in [0, 0.1) is 6.92 Å². The van der Waals surface area contributed by atoms with Crippen LogP contribution < -0.4 is 5.32 Å². The number of halogens is 3. The molecule has 0 fully saturated rings. The molecule has 1 N–H and O–H groups in total. The molecule has 8 heteroatoms. The number of rotatable bonds is 4. The van der Waals surface area contributed by atoms with Crippen molar-refractivity contribution in [2.24, 2.45) is 0 Å². The Kier molecular flexibility index (Phi) is 4.43. The first kappa shape index (κ1) is 16.9. The van der Waals surface area contributed by atoms with Crippen LogP contribution in [0.2, 0.25) is 0 Å². The first-order valence-electron chi connectivity index (χ1n) is 7.55. The smallest absolute Gasteiger partial charge is 0.340 e. The zero-order valence-corrected chi connectivity index (χ0v) is 13.3. The fourth-order valence-electron chi connectivity index (χ4n) is 2.64. The first-order chi connectivity index (χ1) is 11.9. The average Bonchev–Trinajstić information content (AvgIpc) is 2.88. The molecule has 1 atom stereocenters. The van der Waals surface area contributed by atoms with Crippen LogP contribution in [0.5, 0.6) is 0 Å². The van der Waals surface area contributed by atoms with Crippen LogP contribution in [0.4, 0.5) is 13.2 Å². The molecule has 0 saturated heterocycles. The molecule has 3 aromatic rings. The predicted molar refractivity (Wildman–Crippen MR) is 84.8 cm³/mol.